The van der Waals surface area contributed by atoms with E-state index >= 15 is 0 Å². The highest BCUT2D eigenvalue weighted by Gasteiger charge is 2.45. The molecule has 7 nitrogen and oxygen atoms in total. The second kappa shape index (κ2) is 8.67. The number of carbonyl (C=O) groups excluding carboxylic acids is 2. The van der Waals surface area contributed by atoms with E-state index in [0.29, 0.717) is 38.7 Å². The molecule has 2 aliphatic rings. The molecule has 0 aliphatic carbocycles. The number of nitrogens with zero attached hydrogens (tertiary/aromatic N) is 1. The Labute approximate surface area is 223 Å². The number of anilines is 1. The maximum absolute atomic E-state index is 13.9. The Kier molecular flexibility index (Phi) is 5.50. The van der Waals surface area contributed by atoms with Crippen LogP contribution in [0.3, 0.4) is 0 Å². The molecule has 0 spiro atoms. The molecule has 1 atom stereocenters. The van der Waals surface area contributed by atoms with Crippen molar-refractivity contribution in [1.29, 1.82) is 0 Å². The van der Waals surface area contributed by atoms with Crippen LogP contribution < -0.4 is 14.4 Å². The monoisotopic (exact) mass is 529 g/mol. The molecule has 3 heterocycles. The van der Waals surface area contributed by atoms with E-state index in [9.17, 15) is 14.7 Å². The third-order valence-corrected chi connectivity index (χ3v) is 7.12. The van der Waals surface area contributed by atoms with Crippen LogP contribution in [-0.4, -0.2) is 23.6 Å². The SMILES string of the molecule is CC(C)(C)c1ccc(C2C(C(=O)c3cc4cc(Cl)ccc4o3)=C(O)C(=O)N2c2ccc3c(c2)OCO3)cc1. The number of carbonyl (C=O) groups is 2. The van der Waals surface area contributed by atoms with E-state index < -0.39 is 23.5 Å². The van der Waals surface area contributed by atoms with Crippen LogP contribution in [-0.2, 0) is 10.2 Å². The van der Waals surface area contributed by atoms with Gasteiger partial charge in [-0.05, 0) is 52.9 Å². The number of hydrogen-bond acceptors (Lipinski definition) is 6. The molecule has 1 aromatic heterocycles. The van der Waals surface area contributed by atoms with Crippen molar-refractivity contribution in [3.8, 4) is 11.5 Å². The van der Waals surface area contributed by atoms with E-state index in [1.165, 1.54) is 4.90 Å². The minimum atomic E-state index is -0.902. The molecular formula is C30H24ClNO6. The third-order valence-electron chi connectivity index (χ3n) is 6.88. The minimum Gasteiger partial charge on any atom is -0.503 e. The maximum atomic E-state index is 13.9. The van der Waals surface area contributed by atoms with Gasteiger partial charge in [0, 0.05) is 22.2 Å². The molecule has 0 fully saturated rings. The zero-order valence-electron chi connectivity index (χ0n) is 20.9. The van der Waals surface area contributed by atoms with E-state index in [1.54, 1.807) is 42.5 Å². The Morgan fingerprint density at radius 2 is 1.71 bits per heavy atom. The van der Waals surface area contributed by atoms with Crippen LogP contribution in [0.15, 0.2) is 82.5 Å². The number of aliphatic hydroxyl groups excluding tert-OH is 1. The smallest absolute Gasteiger partial charge is 0.294 e. The topological polar surface area (TPSA) is 89.2 Å². The molecule has 6 rings (SSSR count). The van der Waals surface area contributed by atoms with Gasteiger partial charge in [-0.1, -0.05) is 56.6 Å². The predicted molar refractivity (Wildman–Crippen MR) is 143 cm³/mol. The fraction of sp³-hybridized carbons (Fsp3) is 0.200. The van der Waals surface area contributed by atoms with Crippen molar-refractivity contribution in [3.63, 3.8) is 0 Å². The van der Waals surface area contributed by atoms with Gasteiger partial charge in [-0.3, -0.25) is 14.5 Å². The van der Waals surface area contributed by atoms with Gasteiger partial charge in [0.1, 0.15) is 5.58 Å². The lowest BCUT2D eigenvalue weighted by molar-refractivity contribution is -0.117. The van der Waals surface area contributed by atoms with Crippen molar-refractivity contribution in [2.24, 2.45) is 0 Å². The van der Waals surface area contributed by atoms with Crippen LogP contribution in [0.1, 0.15) is 48.5 Å². The Hall–Kier alpha value is -4.23. The van der Waals surface area contributed by atoms with E-state index in [1.807, 2.05) is 24.3 Å². The summed E-state index contributed by atoms with van der Waals surface area (Å²) in [5, 5.41) is 12.2. The van der Waals surface area contributed by atoms with E-state index in [0.717, 1.165) is 5.56 Å². The van der Waals surface area contributed by atoms with Crippen LogP contribution in [0.5, 0.6) is 11.5 Å². The Bertz CT molecular complexity index is 1640. The summed E-state index contributed by atoms with van der Waals surface area (Å²) in [5.74, 6) is -0.879. The standard InChI is InChI=1S/C30H24ClNO6/c1-30(2,3)18-6-4-16(5-7-18)26-25(27(33)24-13-17-12-19(31)8-10-21(17)38-24)28(34)29(35)32(26)20-9-11-22-23(14-20)37-15-36-22/h4-14,26,34H,15H2,1-3H3. The van der Waals surface area contributed by atoms with Gasteiger partial charge in [-0.15, -0.1) is 0 Å². The lowest BCUT2D eigenvalue weighted by Crippen LogP contribution is -2.31. The highest BCUT2D eigenvalue weighted by molar-refractivity contribution is 6.31. The predicted octanol–water partition coefficient (Wildman–Crippen LogP) is 6.90. The van der Waals surface area contributed by atoms with Crippen LogP contribution in [0, 0.1) is 0 Å². The largest absolute Gasteiger partial charge is 0.503 e. The molecule has 0 bridgehead atoms. The summed E-state index contributed by atoms with van der Waals surface area (Å²) < 4.78 is 16.7. The molecule has 0 saturated carbocycles. The number of benzene rings is 3. The van der Waals surface area contributed by atoms with Crippen molar-refractivity contribution in [3.05, 3.63) is 100.0 Å². The summed E-state index contributed by atoms with van der Waals surface area (Å²) in [7, 11) is 0. The Balaban J connectivity index is 1.48. The zero-order valence-corrected chi connectivity index (χ0v) is 21.7. The molecule has 192 valence electrons. The van der Waals surface area contributed by atoms with Crippen molar-refractivity contribution < 1.29 is 28.6 Å². The average Bonchev–Trinajstić information content (AvgIpc) is 3.59. The van der Waals surface area contributed by atoms with Gasteiger partial charge in [0.2, 0.25) is 12.6 Å². The highest BCUT2D eigenvalue weighted by atomic mass is 35.5. The first kappa shape index (κ1) is 24.1. The third kappa shape index (κ3) is 3.90. The molecule has 8 heteroatoms. The number of hydrogen-bond donors (Lipinski definition) is 1. The summed E-state index contributed by atoms with van der Waals surface area (Å²) in [6.07, 6.45) is 0. The normalized spacial score (nSPS) is 17.1. The van der Waals surface area contributed by atoms with E-state index in [2.05, 4.69) is 20.8 Å². The average molecular weight is 530 g/mol. The fourth-order valence-electron chi connectivity index (χ4n) is 4.88. The molecular weight excluding hydrogens is 506 g/mol. The zero-order chi connectivity index (χ0) is 26.8. The van der Waals surface area contributed by atoms with E-state index in [4.69, 9.17) is 25.5 Å². The lowest BCUT2D eigenvalue weighted by atomic mass is 9.85. The van der Waals surface area contributed by atoms with Crippen LogP contribution >= 0.6 is 11.6 Å². The summed E-state index contributed by atoms with van der Waals surface area (Å²) in [6.45, 7) is 6.39. The van der Waals surface area contributed by atoms with Crippen molar-refractivity contribution in [1.82, 2.24) is 0 Å². The summed E-state index contributed by atoms with van der Waals surface area (Å²) in [5.41, 5.74) is 2.52. The summed E-state index contributed by atoms with van der Waals surface area (Å²) in [4.78, 5) is 28.8. The molecule has 1 unspecified atom stereocenters. The number of rotatable bonds is 4. The summed E-state index contributed by atoms with van der Waals surface area (Å²) in [6, 6.07) is 18.5. The van der Waals surface area contributed by atoms with Crippen molar-refractivity contribution >= 4 is 39.9 Å². The Morgan fingerprint density at radius 1 is 0.974 bits per heavy atom. The molecule has 38 heavy (non-hydrogen) atoms. The van der Waals surface area contributed by atoms with Gasteiger partial charge >= 0.3 is 0 Å². The van der Waals surface area contributed by atoms with Gasteiger partial charge in [0.25, 0.3) is 5.91 Å². The summed E-state index contributed by atoms with van der Waals surface area (Å²) >= 11 is 6.11. The second-order valence-corrected chi connectivity index (χ2v) is 10.8. The number of aliphatic hydroxyl groups is 1. The number of halogens is 1. The first-order valence-corrected chi connectivity index (χ1v) is 12.5. The van der Waals surface area contributed by atoms with Gasteiger partial charge in [-0.25, -0.2) is 0 Å². The van der Waals surface area contributed by atoms with Gasteiger partial charge < -0.3 is 19.0 Å². The number of ketones is 1. The first-order chi connectivity index (χ1) is 18.1. The maximum Gasteiger partial charge on any atom is 0.294 e. The Morgan fingerprint density at radius 3 is 2.45 bits per heavy atom. The highest BCUT2D eigenvalue weighted by Crippen LogP contribution is 2.45. The molecule has 0 radical (unpaired) electrons. The van der Waals surface area contributed by atoms with Gasteiger partial charge in [0.05, 0.1) is 11.6 Å². The van der Waals surface area contributed by atoms with Gasteiger partial charge in [0.15, 0.2) is 23.0 Å². The molecule has 1 N–H and O–H groups in total. The number of Topliss-reactive ketones (excluding diaryl/α,β-unsaturated/α-hetero) is 1. The van der Waals surface area contributed by atoms with Crippen molar-refractivity contribution in [2.45, 2.75) is 32.2 Å². The molecule has 4 aromatic rings. The van der Waals surface area contributed by atoms with Crippen molar-refractivity contribution in [2.75, 3.05) is 11.7 Å². The molecule has 1 amide bonds. The number of fused-ring (bicyclic) bond motifs is 2. The number of ether oxygens (including phenoxy) is 2. The quantitative estimate of drug-likeness (QED) is 0.289. The van der Waals surface area contributed by atoms with Crippen LogP contribution in [0.25, 0.3) is 11.0 Å². The molecule has 0 saturated heterocycles. The lowest BCUT2D eigenvalue weighted by Gasteiger charge is -2.28. The minimum absolute atomic E-state index is 0.000431. The fourth-order valence-corrected chi connectivity index (χ4v) is 5.06. The van der Waals surface area contributed by atoms with Crippen LogP contribution in [0.4, 0.5) is 5.69 Å². The number of amides is 1. The van der Waals surface area contributed by atoms with E-state index in [-0.39, 0.29) is 23.5 Å². The first-order valence-electron chi connectivity index (χ1n) is 12.1. The molecule has 2 aliphatic heterocycles. The van der Waals surface area contributed by atoms with Gasteiger partial charge in [-0.2, -0.15) is 0 Å². The number of furan rings is 1. The molecule has 3 aromatic carbocycles. The van der Waals surface area contributed by atoms with Crippen LogP contribution in [0.2, 0.25) is 5.02 Å². The second-order valence-electron chi connectivity index (χ2n) is 10.4.